The number of aliphatic imine (C=N–C) groups is 1. The summed E-state index contributed by atoms with van der Waals surface area (Å²) in [6.07, 6.45) is 13.0. The second-order valence-electron chi connectivity index (χ2n) is 7.40. The molecule has 7 heteroatoms. The normalized spacial score (nSPS) is 23.7. The van der Waals surface area contributed by atoms with Gasteiger partial charge in [-0.05, 0) is 53.6 Å². The Bertz CT molecular complexity index is 831. The number of halogens is 1. The maximum Gasteiger partial charge on any atom is 0.247 e. The number of amides is 1. The zero-order valence-electron chi connectivity index (χ0n) is 15.9. The Hall–Kier alpha value is -1.89. The number of allylic oxidation sites excluding steroid dienone is 2. The van der Waals surface area contributed by atoms with Gasteiger partial charge in [0.1, 0.15) is 22.8 Å². The van der Waals surface area contributed by atoms with Crippen LogP contribution in [-0.4, -0.2) is 38.3 Å². The molecule has 1 saturated carbocycles. The van der Waals surface area contributed by atoms with Crippen molar-refractivity contribution in [1.82, 2.24) is 19.8 Å². The summed E-state index contributed by atoms with van der Waals surface area (Å²) in [5.74, 6) is 1.93. The summed E-state index contributed by atoms with van der Waals surface area (Å²) in [6.45, 7) is 4.23. The average Bonchev–Trinajstić information content (AvgIpc) is 3.30. The number of nitrogens with zero attached hydrogens (tertiary/aromatic N) is 4. The monoisotopic (exact) mass is 431 g/mol. The SMILES string of the molecule is CCC1=C(n2cnc(Br)c2)N=C2C(=CC1)NC(=O)C(CC)N2C1CCCC1. The molecule has 1 aromatic rings. The highest BCUT2D eigenvalue weighted by molar-refractivity contribution is 9.10. The molecule has 0 aromatic carbocycles. The highest BCUT2D eigenvalue weighted by atomic mass is 79.9. The van der Waals surface area contributed by atoms with Crippen molar-refractivity contribution in [2.24, 2.45) is 4.99 Å². The van der Waals surface area contributed by atoms with E-state index in [1.165, 1.54) is 18.4 Å². The molecule has 1 aromatic heterocycles. The van der Waals surface area contributed by atoms with Crippen molar-refractivity contribution < 1.29 is 4.79 Å². The smallest absolute Gasteiger partial charge is 0.247 e. The first-order chi connectivity index (χ1) is 13.1. The van der Waals surface area contributed by atoms with E-state index in [1.54, 1.807) is 6.33 Å². The lowest BCUT2D eigenvalue weighted by Gasteiger charge is -2.42. The summed E-state index contributed by atoms with van der Waals surface area (Å²) in [5, 5.41) is 3.12. The van der Waals surface area contributed by atoms with E-state index in [2.05, 4.69) is 51.1 Å². The van der Waals surface area contributed by atoms with Crippen LogP contribution in [0.15, 0.2) is 39.5 Å². The van der Waals surface area contributed by atoms with Crippen molar-refractivity contribution in [2.45, 2.75) is 70.9 Å². The first-order valence-electron chi connectivity index (χ1n) is 9.92. The van der Waals surface area contributed by atoms with Gasteiger partial charge in [0.2, 0.25) is 5.91 Å². The molecule has 4 rings (SSSR count). The van der Waals surface area contributed by atoms with Crippen LogP contribution < -0.4 is 5.32 Å². The molecule has 1 saturated heterocycles. The Balaban J connectivity index is 1.84. The van der Waals surface area contributed by atoms with Gasteiger partial charge in [0, 0.05) is 12.2 Å². The fourth-order valence-corrected chi connectivity index (χ4v) is 4.70. The molecule has 3 heterocycles. The first-order valence-corrected chi connectivity index (χ1v) is 10.7. The number of carbonyl (C=O) groups is 1. The third-order valence-electron chi connectivity index (χ3n) is 5.79. The molecule has 2 fully saturated rings. The minimum atomic E-state index is -0.150. The predicted octanol–water partition coefficient (Wildman–Crippen LogP) is 4.06. The van der Waals surface area contributed by atoms with Gasteiger partial charge < -0.3 is 10.2 Å². The molecule has 0 spiro atoms. The van der Waals surface area contributed by atoms with Crippen LogP contribution in [0.4, 0.5) is 0 Å². The van der Waals surface area contributed by atoms with Gasteiger partial charge in [-0.15, -0.1) is 0 Å². The van der Waals surface area contributed by atoms with Crippen LogP contribution in [-0.2, 0) is 4.79 Å². The topological polar surface area (TPSA) is 62.5 Å². The van der Waals surface area contributed by atoms with Crippen LogP contribution in [0.5, 0.6) is 0 Å². The number of piperazine rings is 1. The Morgan fingerprint density at radius 2 is 2.07 bits per heavy atom. The zero-order chi connectivity index (χ0) is 19.0. The number of fused-ring (bicyclic) bond motifs is 1. The maximum atomic E-state index is 12.8. The summed E-state index contributed by atoms with van der Waals surface area (Å²) < 4.78 is 2.77. The Labute approximate surface area is 168 Å². The van der Waals surface area contributed by atoms with E-state index in [9.17, 15) is 4.79 Å². The number of amidine groups is 1. The van der Waals surface area contributed by atoms with Gasteiger partial charge in [-0.2, -0.15) is 0 Å². The molecular weight excluding hydrogens is 406 g/mol. The van der Waals surface area contributed by atoms with Gasteiger partial charge in [-0.1, -0.05) is 32.8 Å². The van der Waals surface area contributed by atoms with Gasteiger partial charge >= 0.3 is 0 Å². The summed E-state index contributed by atoms with van der Waals surface area (Å²) >= 11 is 3.44. The third kappa shape index (κ3) is 3.37. The minimum absolute atomic E-state index is 0.0986. The number of carbonyl (C=O) groups excluding carboxylic acids is 1. The van der Waals surface area contributed by atoms with E-state index in [0.29, 0.717) is 6.04 Å². The van der Waals surface area contributed by atoms with Gasteiger partial charge in [0.05, 0.1) is 5.70 Å². The van der Waals surface area contributed by atoms with Gasteiger partial charge in [0.25, 0.3) is 0 Å². The highest BCUT2D eigenvalue weighted by Crippen LogP contribution is 2.33. The van der Waals surface area contributed by atoms with Gasteiger partial charge in [-0.25, -0.2) is 9.98 Å². The number of aromatic nitrogens is 2. The molecule has 1 unspecified atom stereocenters. The van der Waals surface area contributed by atoms with E-state index in [4.69, 9.17) is 4.99 Å². The molecule has 1 aliphatic carbocycles. The molecule has 144 valence electrons. The van der Waals surface area contributed by atoms with Crippen molar-refractivity contribution in [1.29, 1.82) is 0 Å². The highest BCUT2D eigenvalue weighted by Gasteiger charge is 2.40. The lowest BCUT2D eigenvalue weighted by Crippen LogP contribution is -2.59. The quantitative estimate of drug-likeness (QED) is 0.781. The van der Waals surface area contributed by atoms with Gasteiger partial charge in [0.15, 0.2) is 5.84 Å². The predicted molar refractivity (Wildman–Crippen MR) is 110 cm³/mol. The molecule has 1 N–H and O–H groups in total. The number of hydrogen-bond donors (Lipinski definition) is 1. The zero-order valence-corrected chi connectivity index (χ0v) is 17.5. The molecule has 1 atom stereocenters. The standard InChI is InChI=1S/C20H26BrN5O/c1-3-13-9-10-15-19(24-18(13)25-11-17(21)22-12-25)26(14-7-5-6-8-14)16(4-2)20(27)23-15/h10-12,14,16H,3-9H2,1-2H3,(H,23,27). The average molecular weight is 432 g/mol. The number of imidazole rings is 1. The van der Waals surface area contributed by atoms with E-state index >= 15 is 0 Å². The largest absolute Gasteiger partial charge is 0.340 e. The molecule has 2 aliphatic heterocycles. The van der Waals surface area contributed by atoms with Crippen LogP contribution in [0, 0.1) is 0 Å². The third-order valence-corrected chi connectivity index (χ3v) is 6.20. The number of nitrogens with one attached hydrogen (secondary N) is 1. The van der Waals surface area contributed by atoms with Crippen LogP contribution in [0.25, 0.3) is 5.82 Å². The molecule has 0 radical (unpaired) electrons. The lowest BCUT2D eigenvalue weighted by atomic mass is 10.0. The maximum absolute atomic E-state index is 12.8. The van der Waals surface area contributed by atoms with Crippen molar-refractivity contribution in [3.05, 3.63) is 34.5 Å². The lowest BCUT2D eigenvalue weighted by molar-refractivity contribution is -0.125. The second kappa shape index (κ2) is 7.62. The second-order valence-corrected chi connectivity index (χ2v) is 8.21. The Kier molecular flexibility index (Phi) is 5.21. The summed E-state index contributed by atoms with van der Waals surface area (Å²) in [5.41, 5.74) is 2.10. The molecule has 27 heavy (non-hydrogen) atoms. The van der Waals surface area contributed by atoms with Crippen LogP contribution in [0.3, 0.4) is 0 Å². The molecule has 6 nitrogen and oxygen atoms in total. The first kappa shape index (κ1) is 18.5. The fourth-order valence-electron chi connectivity index (χ4n) is 4.39. The summed E-state index contributed by atoms with van der Waals surface area (Å²) in [4.78, 5) is 24.5. The van der Waals surface area contributed by atoms with E-state index < -0.39 is 0 Å². The number of hydrogen-bond acceptors (Lipinski definition) is 4. The van der Waals surface area contributed by atoms with E-state index in [0.717, 1.165) is 54.1 Å². The minimum Gasteiger partial charge on any atom is -0.340 e. The van der Waals surface area contributed by atoms with Crippen molar-refractivity contribution in [2.75, 3.05) is 0 Å². The molecule has 3 aliphatic rings. The van der Waals surface area contributed by atoms with Crippen LogP contribution in [0.2, 0.25) is 0 Å². The van der Waals surface area contributed by atoms with E-state index in [1.807, 2.05) is 10.8 Å². The molecule has 0 bridgehead atoms. The van der Waals surface area contributed by atoms with Gasteiger partial charge in [-0.3, -0.25) is 9.36 Å². The number of rotatable bonds is 4. The van der Waals surface area contributed by atoms with E-state index in [-0.39, 0.29) is 11.9 Å². The fraction of sp³-hybridized carbons (Fsp3) is 0.550. The Morgan fingerprint density at radius 3 is 2.70 bits per heavy atom. The van der Waals surface area contributed by atoms with Crippen molar-refractivity contribution >= 4 is 33.5 Å². The van der Waals surface area contributed by atoms with Crippen molar-refractivity contribution in [3.63, 3.8) is 0 Å². The van der Waals surface area contributed by atoms with Crippen LogP contribution in [0.1, 0.15) is 58.8 Å². The summed E-state index contributed by atoms with van der Waals surface area (Å²) in [7, 11) is 0. The molecular formula is C20H26BrN5O. The van der Waals surface area contributed by atoms with Crippen LogP contribution >= 0.6 is 15.9 Å². The van der Waals surface area contributed by atoms with Crippen molar-refractivity contribution in [3.8, 4) is 0 Å². The molecule has 1 amide bonds. The Morgan fingerprint density at radius 1 is 1.30 bits per heavy atom. The summed E-state index contributed by atoms with van der Waals surface area (Å²) in [6, 6.07) is 0.241.